The van der Waals surface area contributed by atoms with Gasteiger partial charge in [-0.2, -0.15) is 0 Å². The summed E-state index contributed by atoms with van der Waals surface area (Å²) in [6, 6.07) is 10.5. The third kappa shape index (κ3) is 8.51. The summed E-state index contributed by atoms with van der Waals surface area (Å²) >= 11 is 1.54. The van der Waals surface area contributed by atoms with Crippen molar-refractivity contribution in [2.45, 2.75) is 64.6 Å². The van der Waals surface area contributed by atoms with Gasteiger partial charge in [-0.25, -0.2) is 0 Å². The number of carbonyl (C=O) groups is 3. The third-order valence-electron chi connectivity index (χ3n) is 7.22. The van der Waals surface area contributed by atoms with Crippen LogP contribution in [0.5, 0.6) is 5.75 Å². The molecule has 0 fully saturated rings. The molecule has 2 aromatic rings. The Morgan fingerprint density at radius 1 is 1.17 bits per heavy atom. The maximum atomic E-state index is 14.0. The number of nitrogens with zero attached hydrogens (tertiary/aromatic N) is 1. The highest BCUT2D eigenvalue weighted by atomic mass is 32.1. The highest BCUT2D eigenvalue weighted by molar-refractivity contribution is 7.09. The zero-order chi connectivity index (χ0) is 30.0. The molecule has 0 saturated heterocycles. The van der Waals surface area contributed by atoms with Crippen LogP contribution in [0.3, 0.4) is 0 Å². The molecular weight excluding hydrogens is 540 g/mol. The largest absolute Gasteiger partial charge is 0.497 e. The van der Waals surface area contributed by atoms with Gasteiger partial charge in [-0.15, -0.1) is 11.3 Å². The molecule has 0 radical (unpaired) electrons. The van der Waals surface area contributed by atoms with Crippen LogP contribution < -0.4 is 21.5 Å². The van der Waals surface area contributed by atoms with Gasteiger partial charge in [0, 0.05) is 41.7 Å². The van der Waals surface area contributed by atoms with E-state index in [1.54, 1.807) is 12.0 Å². The van der Waals surface area contributed by atoms with Crippen molar-refractivity contribution in [3.63, 3.8) is 0 Å². The van der Waals surface area contributed by atoms with Gasteiger partial charge in [0.25, 0.3) is 0 Å². The van der Waals surface area contributed by atoms with Gasteiger partial charge in [0.15, 0.2) is 0 Å². The van der Waals surface area contributed by atoms with Crippen LogP contribution in [-0.2, 0) is 27.3 Å². The molecule has 0 bridgehead atoms. The molecule has 1 aromatic heterocycles. The lowest BCUT2D eigenvalue weighted by molar-refractivity contribution is -0.131. The molecule has 1 unspecified atom stereocenters. The predicted octanol–water partition coefficient (Wildman–Crippen LogP) is 3.07. The molecular formula is C31H42N4O5S. The number of benzene rings is 1. The monoisotopic (exact) mass is 582 g/mol. The fourth-order valence-corrected chi connectivity index (χ4v) is 5.92. The molecule has 10 heteroatoms. The number of carbonyl (C=O) groups excluding carboxylic acids is 3. The lowest BCUT2D eigenvalue weighted by Crippen LogP contribution is -2.48. The van der Waals surface area contributed by atoms with Gasteiger partial charge < -0.3 is 31.5 Å². The summed E-state index contributed by atoms with van der Waals surface area (Å²) in [7, 11) is 1.57. The van der Waals surface area contributed by atoms with Gasteiger partial charge in [0.05, 0.1) is 18.6 Å². The molecule has 3 atom stereocenters. The smallest absolute Gasteiger partial charge is 0.249 e. The first-order valence-electron chi connectivity index (χ1n) is 14.0. The Hall–Kier alpha value is -3.47. The number of amides is 3. The third-order valence-corrected chi connectivity index (χ3v) is 8.12. The minimum absolute atomic E-state index is 0.000726. The van der Waals surface area contributed by atoms with Crippen LogP contribution in [0.2, 0.25) is 0 Å². The molecule has 1 aliphatic carbocycles. The highest BCUT2D eigenvalue weighted by Gasteiger charge is 2.44. The molecule has 6 N–H and O–H groups in total. The number of nitrogens with two attached hydrogens (primary N) is 2. The molecule has 1 heterocycles. The lowest BCUT2D eigenvalue weighted by Gasteiger charge is -2.37. The number of thiophene rings is 1. The maximum absolute atomic E-state index is 14.0. The second kappa shape index (κ2) is 15.0. The second-order valence-electron chi connectivity index (χ2n) is 10.5. The minimum atomic E-state index is -1.43. The van der Waals surface area contributed by atoms with Crippen molar-refractivity contribution in [2.75, 3.05) is 20.2 Å². The van der Waals surface area contributed by atoms with Gasteiger partial charge in [-0.05, 0) is 67.3 Å². The Balaban J connectivity index is 1.97. The maximum Gasteiger partial charge on any atom is 0.249 e. The number of hydrogen-bond acceptors (Lipinski definition) is 7. The topological polar surface area (TPSA) is 148 Å². The van der Waals surface area contributed by atoms with E-state index in [1.807, 2.05) is 55.6 Å². The SMILES string of the molecule is CCCN(CCC)C(=O)C1=CC(C(N)=O)=CC(C[C@@H](O)[C@@H](N)Cc2cccs2)(C(=O)NCc2cccc(OC)c2)C1. The van der Waals surface area contributed by atoms with E-state index in [4.69, 9.17) is 16.2 Å². The number of ether oxygens (including phenoxy) is 1. The Morgan fingerprint density at radius 3 is 2.51 bits per heavy atom. The Kier molecular flexibility index (Phi) is 11.7. The Bertz CT molecular complexity index is 1250. The van der Waals surface area contributed by atoms with E-state index in [-0.39, 0.29) is 30.9 Å². The van der Waals surface area contributed by atoms with Crippen LogP contribution in [0, 0.1) is 5.41 Å². The predicted molar refractivity (Wildman–Crippen MR) is 161 cm³/mol. The zero-order valence-electron chi connectivity index (χ0n) is 24.1. The van der Waals surface area contributed by atoms with Crippen LogP contribution in [0.4, 0.5) is 0 Å². The van der Waals surface area contributed by atoms with Crippen molar-refractivity contribution in [2.24, 2.45) is 16.9 Å². The van der Waals surface area contributed by atoms with Gasteiger partial charge in [-0.1, -0.05) is 38.1 Å². The van der Waals surface area contributed by atoms with Crippen molar-refractivity contribution >= 4 is 29.1 Å². The molecule has 0 saturated carbocycles. The van der Waals surface area contributed by atoms with Crippen molar-refractivity contribution in [1.29, 1.82) is 0 Å². The fourth-order valence-electron chi connectivity index (χ4n) is 5.14. The average Bonchev–Trinajstić information content (AvgIpc) is 3.48. The first-order chi connectivity index (χ1) is 19.6. The second-order valence-corrected chi connectivity index (χ2v) is 11.5. The summed E-state index contributed by atoms with van der Waals surface area (Å²) in [4.78, 5) is 43.0. The molecule has 222 valence electrons. The zero-order valence-corrected chi connectivity index (χ0v) is 24.9. The number of aliphatic hydroxyl groups is 1. The molecule has 1 aliphatic rings. The van der Waals surface area contributed by atoms with Crippen LogP contribution in [0.25, 0.3) is 0 Å². The number of rotatable bonds is 15. The molecule has 0 aliphatic heterocycles. The van der Waals surface area contributed by atoms with E-state index < -0.39 is 29.4 Å². The number of primary amides is 1. The first-order valence-corrected chi connectivity index (χ1v) is 14.9. The quantitative estimate of drug-likeness (QED) is 0.254. The molecule has 1 aromatic carbocycles. The van der Waals surface area contributed by atoms with Crippen molar-refractivity contribution in [1.82, 2.24) is 10.2 Å². The molecule has 41 heavy (non-hydrogen) atoms. The van der Waals surface area contributed by atoms with Crippen LogP contribution >= 0.6 is 11.3 Å². The van der Waals surface area contributed by atoms with Crippen molar-refractivity contribution in [3.05, 3.63) is 75.5 Å². The normalized spacial score (nSPS) is 18.1. The summed E-state index contributed by atoms with van der Waals surface area (Å²) in [6.07, 6.45) is 3.75. The van der Waals surface area contributed by atoms with Crippen molar-refractivity contribution < 1.29 is 24.2 Å². The summed E-state index contributed by atoms with van der Waals surface area (Å²) in [5.74, 6) is -0.784. The highest BCUT2D eigenvalue weighted by Crippen LogP contribution is 2.40. The van der Waals surface area contributed by atoms with Crippen molar-refractivity contribution in [3.8, 4) is 5.75 Å². The number of aliphatic hydroxyl groups excluding tert-OH is 1. The van der Waals surface area contributed by atoms with E-state index in [0.29, 0.717) is 30.8 Å². The standard InChI is InChI=1S/C31H42N4O5S/c1-4-11-35(12-5-2)29(38)23-15-22(28(33)37)17-31(18-23,19-27(36)26(32)16-25-10-7-13-41-25)30(39)34-20-21-8-6-9-24(14-21)40-3/h6-10,13-15,17,26-27,36H,4-5,11-12,16,18-20,32H2,1-3H3,(H2,33,37)(H,34,39)/t26-,27+,31?/m0/s1. The summed E-state index contributed by atoms with van der Waals surface area (Å²) in [6.45, 7) is 5.24. The van der Waals surface area contributed by atoms with Gasteiger partial charge in [0.2, 0.25) is 17.7 Å². The summed E-state index contributed by atoms with van der Waals surface area (Å²) < 4.78 is 5.29. The fraction of sp³-hybridized carbons (Fsp3) is 0.452. The molecule has 3 rings (SSSR count). The minimum Gasteiger partial charge on any atom is -0.497 e. The van der Waals surface area contributed by atoms with Crippen LogP contribution in [0.1, 0.15) is 50.0 Å². The Morgan fingerprint density at radius 2 is 1.90 bits per heavy atom. The van der Waals surface area contributed by atoms with E-state index in [0.717, 1.165) is 23.3 Å². The number of hydrogen-bond donors (Lipinski definition) is 4. The first kappa shape index (κ1) is 32.0. The van der Waals surface area contributed by atoms with E-state index >= 15 is 0 Å². The van der Waals surface area contributed by atoms with E-state index in [2.05, 4.69) is 5.32 Å². The van der Waals surface area contributed by atoms with Gasteiger partial charge >= 0.3 is 0 Å². The molecule has 9 nitrogen and oxygen atoms in total. The van der Waals surface area contributed by atoms with Gasteiger partial charge in [0.1, 0.15) is 5.75 Å². The average molecular weight is 583 g/mol. The number of methoxy groups -OCH3 is 1. The lowest BCUT2D eigenvalue weighted by atomic mass is 9.70. The number of nitrogens with one attached hydrogen (secondary N) is 1. The summed E-state index contributed by atoms with van der Waals surface area (Å²) in [5.41, 5.74) is 11.9. The molecule has 0 spiro atoms. The Labute approximate surface area is 246 Å². The molecule has 3 amide bonds. The van der Waals surface area contributed by atoms with E-state index in [1.165, 1.54) is 23.5 Å². The van der Waals surface area contributed by atoms with Crippen LogP contribution in [0.15, 0.2) is 65.1 Å². The van der Waals surface area contributed by atoms with E-state index in [9.17, 15) is 19.5 Å². The van der Waals surface area contributed by atoms with Gasteiger partial charge in [-0.3, -0.25) is 14.4 Å². The summed E-state index contributed by atoms with van der Waals surface area (Å²) in [5, 5.41) is 16.2. The van der Waals surface area contributed by atoms with Crippen LogP contribution in [-0.4, -0.2) is 60.1 Å².